The number of amides is 1. The van der Waals surface area contributed by atoms with Crippen molar-refractivity contribution in [1.29, 1.82) is 0 Å². The van der Waals surface area contributed by atoms with Gasteiger partial charge in [0.05, 0.1) is 6.54 Å². The molecule has 0 spiro atoms. The lowest BCUT2D eigenvalue weighted by Crippen LogP contribution is -2.43. The van der Waals surface area contributed by atoms with Crippen LogP contribution < -0.4 is 0 Å². The number of carbonyl (C=O) groups is 1. The second kappa shape index (κ2) is 11.5. The van der Waals surface area contributed by atoms with Crippen LogP contribution in [-0.4, -0.2) is 69.5 Å². The highest BCUT2D eigenvalue weighted by Gasteiger charge is 2.39. The van der Waals surface area contributed by atoms with Crippen LogP contribution in [0.2, 0.25) is 0 Å². The number of methoxy groups -OCH3 is 2. The highest BCUT2D eigenvalue weighted by Crippen LogP contribution is 2.37. The highest BCUT2D eigenvalue weighted by molar-refractivity contribution is 5.91. The number of ether oxygens (including phenoxy) is 4. The fraction of sp³-hybridized carbons (Fsp3) is 0.842. The molecule has 0 aromatic rings. The summed E-state index contributed by atoms with van der Waals surface area (Å²) in [6, 6.07) is 0. The smallest absolute Gasteiger partial charge is 0.288 e. The molecule has 1 N–H and O–H groups in total. The number of allylic oxidation sites excluding steroid dienone is 1. The van der Waals surface area contributed by atoms with Crippen LogP contribution >= 0.6 is 0 Å². The van der Waals surface area contributed by atoms with Crippen LogP contribution in [0.4, 0.5) is 0 Å². The quantitative estimate of drug-likeness (QED) is 0.558. The van der Waals surface area contributed by atoms with E-state index in [4.69, 9.17) is 18.9 Å². The van der Waals surface area contributed by atoms with Gasteiger partial charge in [0.2, 0.25) is 6.29 Å². The van der Waals surface area contributed by atoms with Gasteiger partial charge in [-0.2, -0.15) is 0 Å². The van der Waals surface area contributed by atoms with Gasteiger partial charge >= 0.3 is 0 Å². The van der Waals surface area contributed by atoms with Gasteiger partial charge in [-0.25, -0.2) is 0 Å². The van der Waals surface area contributed by atoms with E-state index in [0.29, 0.717) is 31.2 Å². The molecule has 0 aromatic heterocycles. The largest absolute Gasteiger partial charge is 0.459 e. The van der Waals surface area contributed by atoms with Crippen LogP contribution in [-0.2, 0) is 23.7 Å². The van der Waals surface area contributed by atoms with Crippen LogP contribution in [0.5, 0.6) is 0 Å². The molecular weight excluding hydrogens is 338 g/mol. The number of hydrogen-bond donors (Lipinski definition) is 1. The van der Waals surface area contributed by atoms with Crippen molar-refractivity contribution in [3.05, 3.63) is 11.8 Å². The molecule has 0 unspecified atom stereocenters. The minimum Gasteiger partial charge on any atom is -0.459 e. The van der Waals surface area contributed by atoms with Gasteiger partial charge in [0, 0.05) is 40.4 Å². The average molecular weight is 373 g/mol. The molecule has 26 heavy (non-hydrogen) atoms. The molecule has 0 saturated carbocycles. The van der Waals surface area contributed by atoms with E-state index in [9.17, 15) is 9.90 Å². The van der Waals surface area contributed by atoms with E-state index in [-0.39, 0.29) is 24.3 Å². The van der Waals surface area contributed by atoms with Gasteiger partial charge in [-0.3, -0.25) is 4.79 Å². The lowest BCUT2D eigenvalue weighted by molar-refractivity contribution is -0.180. The van der Waals surface area contributed by atoms with Crippen molar-refractivity contribution in [2.24, 2.45) is 17.8 Å². The van der Waals surface area contributed by atoms with Crippen molar-refractivity contribution in [2.45, 2.75) is 46.2 Å². The van der Waals surface area contributed by atoms with E-state index in [1.807, 2.05) is 13.0 Å². The predicted molar refractivity (Wildman–Crippen MR) is 98.2 cm³/mol. The first-order chi connectivity index (χ1) is 12.4. The highest BCUT2D eigenvalue weighted by atomic mass is 16.7. The van der Waals surface area contributed by atoms with E-state index in [1.165, 1.54) is 19.1 Å². The van der Waals surface area contributed by atoms with Crippen LogP contribution in [0.3, 0.4) is 0 Å². The van der Waals surface area contributed by atoms with E-state index in [2.05, 4.69) is 13.8 Å². The Balaban J connectivity index is 3.00. The third-order valence-electron chi connectivity index (χ3n) is 4.73. The Kier molecular flexibility index (Phi) is 10.2. The Labute approximate surface area is 157 Å². The summed E-state index contributed by atoms with van der Waals surface area (Å²) < 4.78 is 22.1. The third-order valence-corrected chi connectivity index (χ3v) is 4.73. The van der Waals surface area contributed by atoms with Crippen molar-refractivity contribution in [1.82, 2.24) is 4.90 Å². The number of carbonyl (C=O) groups excluding carboxylic acids is 1. The molecule has 3 atom stereocenters. The van der Waals surface area contributed by atoms with Crippen molar-refractivity contribution in [2.75, 3.05) is 41.0 Å². The fourth-order valence-electron chi connectivity index (χ4n) is 3.26. The zero-order chi connectivity index (χ0) is 19.7. The van der Waals surface area contributed by atoms with Crippen molar-refractivity contribution in [3.8, 4) is 0 Å². The second-order valence-corrected chi connectivity index (χ2v) is 6.91. The van der Waals surface area contributed by atoms with Crippen molar-refractivity contribution >= 4 is 5.91 Å². The first-order valence-electron chi connectivity index (χ1n) is 9.31. The van der Waals surface area contributed by atoms with Crippen molar-refractivity contribution < 1.29 is 28.8 Å². The number of rotatable bonds is 11. The summed E-state index contributed by atoms with van der Waals surface area (Å²) in [5, 5.41) is 9.20. The summed E-state index contributed by atoms with van der Waals surface area (Å²) in [5.74, 6) is 0.648. The van der Waals surface area contributed by atoms with Gasteiger partial charge in [-0.15, -0.1) is 0 Å². The van der Waals surface area contributed by atoms with Gasteiger partial charge in [0.15, 0.2) is 12.0 Å². The Morgan fingerprint density at radius 2 is 2.00 bits per heavy atom. The van der Waals surface area contributed by atoms with Crippen LogP contribution in [0.25, 0.3) is 0 Å². The molecule has 0 bridgehead atoms. The Morgan fingerprint density at radius 1 is 1.35 bits per heavy atom. The van der Waals surface area contributed by atoms with Gasteiger partial charge < -0.3 is 29.0 Å². The Hall–Kier alpha value is -1.15. The summed E-state index contributed by atoms with van der Waals surface area (Å²) in [6.45, 7) is 7.08. The molecule has 1 aliphatic rings. The molecule has 1 amide bonds. The van der Waals surface area contributed by atoms with Gasteiger partial charge in [0.25, 0.3) is 5.91 Å². The maximum absolute atomic E-state index is 12.8. The summed E-state index contributed by atoms with van der Waals surface area (Å²) in [4.78, 5) is 14.4. The van der Waals surface area contributed by atoms with Crippen molar-refractivity contribution in [3.63, 3.8) is 0 Å². The first kappa shape index (κ1) is 22.9. The van der Waals surface area contributed by atoms with Crippen LogP contribution in [0.1, 0.15) is 33.6 Å². The molecule has 1 heterocycles. The third kappa shape index (κ3) is 6.23. The van der Waals surface area contributed by atoms with Gasteiger partial charge in [0.1, 0.15) is 0 Å². The zero-order valence-electron chi connectivity index (χ0n) is 16.9. The Bertz CT molecular complexity index is 449. The number of nitrogens with zero attached hydrogens (tertiary/aromatic N) is 1. The van der Waals surface area contributed by atoms with E-state index < -0.39 is 12.6 Å². The SMILES string of the molecule is CCO[C@@H]1OC(C(=O)N(C)CC(OC)OC)=C[C@H](C(C)C)[C@@H]1CCCO. The predicted octanol–water partition coefficient (Wildman–Crippen LogP) is 2.00. The maximum atomic E-state index is 12.8. The number of likely N-dealkylation sites (N-methyl/N-ethyl adjacent to an activating group) is 1. The second-order valence-electron chi connectivity index (χ2n) is 6.91. The molecule has 1 aliphatic heterocycles. The average Bonchev–Trinajstić information content (AvgIpc) is 2.63. The topological polar surface area (TPSA) is 77.5 Å². The molecule has 0 radical (unpaired) electrons. The Morgan fingerprint density at radius 3 is 2.50 bits per heavy atom. The fourth-order valence-corrected chi connectivity index (χ4v) is 3.26. The minimum absolute atomic E-state index is 0.106. The summed E-state index contributed by atoms with van der Waals surface area (Å²) in [6.07, 6.45) is 2.40. The van der Waals surface area contributed by atoms with E-state index >= 15 is 0 Å². The first-order valence-corrected chi connectivity index (χ1v) is 9.31. The van der Waals surface area contributed by atoms with E-state index in [0.717, 1.165) is 6.42 Å². The molecule has 7 nitrogen and oxygen atoms in total. The van der Waals surface area contributed by atoms with Gasteiger partial charge in [-0.1, -0.05) is 13.8 Å². The molecule has 0 aromatic carbocycles. The molecule has 0 saturated heterocycles. The summed E-state index contributed by atoms with van der Waals surface area (Å²) in [7, 11) is 4.76. The zero-order valence-corrected chi connectivity index (χ0v) is 16.9. The number of hydrogen-bond acceptors (Lipinski definition) is 6. The number of aliphatic hydroxyl groups excluding tert-OH is 1. The molecule has 7 heteroatoms. The van der Waals surface area contributed by atoms with Crippen LogP contribution in [0.15, 0.2) is 11.8 Å². The molecule has 0 fully saturated rings. The monoisotopic (exact) mass is 373 g/mol. The lowest BCUT2D eigenvalue weighted by atomic mass is 9.78. The normalized spacial score (nSPS) is 23.1. The molecule has 152 valence electrons. The molecular formula is C19H35NO6. The molecule has 1 rings (SSSR count). The van der Waals surface area contributed by atoms with Crippen LogP contribution in [0, 0.1) is 17.8 Å². The van der Waals surface area contributed by atoms with Gasteiger partial charge in [-0.05, 0) is 37.7 Å². The molecule has 0 aliphatic carbocycles. The summed E-state index contributed by atoms with van der Waals surface area (Å²) in [5.41, 5.74) is 0. The number of aliphatic hydroxyl groups is 1. The summed E-state index contributed by atoms with van der Waals surface area (Å²) >= 11 is 0. The van der Waals surface area contributed by atoms with E-state index in [1.54, 1.807) is 7.05 Å². The minimum atomic E-state index is -0.492. The lowest BCUT2D eigenvalue weighted by Gasteiger charge is -2.39. The maximum Gasteiger partial charge on any atom is 0.288 e. The standard InChI is InChI=1S/C19H35NO6/c1-7-25-19-14(9-8-10-21)15(13(2)3)11-16(26-19)18(22)20(4)12-17(23-5)24-6/h11,13-15,17,19,21H,7-10,12H2,1-6H3/t14-,15+,19+/m0/s1.